The van der Waals surface area contributed by atoms with Crippen molar-refractivity contribution in [3.05, 3.63) is 69.6 Å². The topological polar surface area (TPSA) is 81.0 Å². The smallest absolute Gasteiger partial charge is 0.336 e. The van der Waals surface area contributed by atoms with E-state index in [0.717, 1.165) is 36.1 Å². The standard InChI is InChI=1S/C23H24F3N5O2/c1-14-6-7-18(12-15(14)2)28-21(32)27-10-11-30-22(33)31(19-8-9-19)20(29-30)16-4-3-5-17(13-16)23(24,25)26/h3-7,12-13,19H,8-11H2,1-2H3,(H2,27,28,32). The van der Waals surface area contributed by atoms with E-state index in [1.807, 2.05) is 26.0 Å². The zero-order chi connectivity index (χ0) is 23.8. The monoisotopic (exact) mass is 459 g/mol. The molecule has 4 rings (SSSR count). The molecule has 0 saturated heterocycles. The first-order valence-electron chi connectivity index (χ1n) is 10.6. The van der Waals surface area contributed by atoms with Gasteiger partial charge in [-0.3, -0.25) is 4.57 Å². The lowest BCUT2D eigenvalue weighted by Gasteiger charge is -2.09. The highest BCUT2D eigenvalue weighted by Crippen LogP contribution is 2.37. The molecular formula is C23H24F3N5O2. The Morgan fingerprint density at radius 3 is 2.55 bits per heavy atom. The quantitative estimate of drug-likeness (QED) is 0.570. The third-order valence-corrected chi connectivity index (χ3v) is 5.60. The van der Waals surface area contributed by atoms with Crippen LogP contribution in [0.4, 0.5) is 23.7 Å². The molecule has 1 saturated carbocycles. The molecule has 2 amide bonds. The minimum Gasteiger partial charge on any atom is -0.336 e. The summed E-state index contributed by atoms with van der Waals surface area (Å²) in [7, 11) is 0. The van der Waals surface area contributed by atoms with Crippen LogP contribution in [-0.4, -0.2) is 26.9 Å². The molecular weight excluding hydrogens is 435 g/mol. The van der Waals surface area contributed by atoms with E-state index in [1.54, 1.807) is 6.07 Å². The molecule has 7 nitrogen and oxygen atoms in total. The number of alkyl halides is 3. The number of hydrogen-bond donors (Lipinski definition) is 2. The second-order valence-corrected chi connectivity index (χ2v) is 8.19. The number of aromatic nitrogens is 3. The van der Waals surface area contributed by atoms with Gasteiger partial charge in [-0.15, -0.1) is 5.10 Å². The fourth-order valence-electron chi connectivity index (χ4n) is 3.53. The number of nitrogens with zero attached hydrogens (tertiary/aromatic N) is 3. The average Bonchev–Trinajstić information content (AvgIpc) is 3.54. The number of hydrogen-bond acceptors (Lipinski definition) is 3. The maximum atomic E-state index is 13.1. The van der Waals surface area contributed by atoms with Gasteiger partial charge in [0.05, 0.1) is 12.1 Å². The average molecular weight is 459 g/mol. The maximum absolute atomic E-state index is 13.1. The van der Waals surface area contributed by atoms with Gasteiger partial charge in [0.15, 0.2) is 5.82 Å². The minimum absolute atomic E-state index is 0.0724. The summed E-state index contributed by atoms with van der Waals surface area (Å²) in [6.45, 7) is 4.14. The molecule has 0 unspecified atom stereocenters. The summed E-state index contributed by atoms with van der Waals surface area (Å²) in [5.74, 6) is 0.202. The highest BCUT2D eigenvalue weighted by atomic mass is 19.4. The molecule has 1 aromatic heterocycles. The van der Waals surface area contributed by atoms with Crippen molar-refractivity contribution in [1.29, 1.82) is 0 Å². The van der Waals surface area contributed by atoms with E-state index in [0.29, 0.717) is 5.69 Å². The third-order valence-electron chi connectivity index (χ3n) is 5.60. The van der Waals surface area contributed by atoms with Gasteiger partial charge >= 0.3 is 17.9 Å². The van der Waals surface area contributed by atoms with E-state index < -0.39 is 23.5 Å². The van der Waals surface area contributed by atoms with Gasteiger partial charge in [0.25, 0.3) is 0 Å². The number of carbonyl (C=O) groups excluding carboxylic acids is 1. The normalized spacial score (nSPS) is 13.7. The Morgan fingerprint density at radius 1 is 1.12 bits per heavy atom. The number of halogens is 3. The molecule has 1 aliphatic carbocycles. The Bertz CT molecular complexity index is 1240. The van der Waals surface area contributed by atoms with Crippen LogP contribution in [0.25, 0.3) is 11.4 Å². The van der Waals surface area contributed by atoms with Crippen LogP contribution in [0.5, 0.6) is 0 Å². The SMILES string of the molecule is Cc1ccc(NC(=O)NCCn2nc(-c3cccc(C(F)(F)F)c3)n(C3CC3)c2=O)cc1C. The lowest BCUT2D eigenvalue weighted by molar-refractivity contribution is -0.137. The van der Waals surface area contributed by atoms with Crippen LogP contribution in [0, 0.1) is 13.8 Å². The maximum Gasteiger partial charge on any atom is 0.416 e. The Kier molecular flexibility index (Phi) is 6.01. The van der Waals surface area contributed by atoms with Crippen molar-refractivity contribution in [2.75, 3.05) is 11.9 Å². The molecule has 1 heterocycles. The van der Waals surface area contributed by atoms with Crippen LogP contribution in [-0.2, 0) is 12.7 Å². The first-order valence-corrected chi connectivity index (χ1v) is 10.6. The number of nitrogens with one attached hydrogen (secondary N) is 2. The zero-order valence-electron chi connectivity index (χ0n) is 18.2. The Balaban J connectivity index is 1.47. The minimum atomic E-state index is -4.49. The molecule has 2 aromatic carbocycles. The van der Waals surface area contributed by atoms with Crippen LogP contribution < -0.4 is 16.3 Å². The highest BCUT2D eigenvalue weighted by Gasteiger charge is 2.33. The zero-order valence-corrected chi connectivity index (χ0v) is 18.2. The van der Waals surface area contributed by atoms with E-state index in [2.05, 4.69) is 15.7 Å². The first kappa shape index (κ1) is 22.6. The van der Waals surface area contributed by atoms with Crippen LogP contribution >= 0.6 is 0 Å². The summed E-state index contributed by atoms with van der Waals surface area (Å²) in [6, 6.07) is 9.86. The molecule has 174 valence electrons. The van der Waals surface area contributed by atoms with E-state index in [9.17, 15) is 22.8 Å². The van der Waals surface area contributed by atoms with E-state index in [-0.39, 0.29) is 30.5 Å². The Hall–Kier alpha value is -3.56. The lowest BCUT2D eigenvalue weighted by Crippen LogP contribution is -2.34. The van der Waals surface area contributed by atoms with E-state index >= 15 is 0 Å². The summed E-state index contributed by atoms with van der Waals surface area (Å²) in [4.78, 5) is 25.1. The number of aryl methyl sites for hydroxylation is 2. The summed E-state index contributed by atoms with van der Waals surface area (Å²) >= 11 is 0. The third kappa shape index (κ3) is 5.10. The molecule has 0 atom stereocenters. The molecule has 1 aliphatic rings. The van der Waals surface area contributed by atoms with Crippen LogP contribution in [0.15, 0.2) is 47.3 Å². The van der Waals surface area contributed by atoms with Gasteiger partial charge in [-0.05, 0) is 62.1 Å². The van der Waals surface area contributed by atoms with Gasteiger partial charge in [0.2, 0.25) is 0 Å². The van der Waals surface area contributed by atoms with Crippen molar-refractivity contribution >= 4 is 11.7 Å². The molecule has 0 aliphatic heterocycles. The summed E-state index contributed by atoms with van der Waals surface area (Å²) in [6.07, 6.45) is -2.95. The largest absolute Gasteiger partial charge is 0.416 e. The molecule has 2 N–H and O–H groups in total. The second kappa shape index (κ2) is 8.76. The molecule has 33 heavy (non-hydrogen) atoms. The van der Waals surface area contributed by atoms with Crippen molar-refractivity contribution in [1.82, 2.24) is 19.7 Å². The second-order valence-electron chi connectivity index (χ2n) is 8.19. The van der Waals surface area contributed by atoms with Crippen LogP contribution in [0.2, 0.25) is 0 Å². The number of carbonyl (C=O) groups is 1. The summed E-state index contributed by atoms with van der Waals surface area (Å²) in [5, 5.41) is 9.70. The highest BCUT2D eigenvalue weighted by molar-refractivity contribution is 5.89. The first-order chi connectivity index (χ1) is 15.6. The van der Waals surface area contributed by atoms with Crippen LogP contribution in [0.3, 0.4) is 0 Å². The Labute approximate surface area is 188 Å². The van der Waals surface area contributed by atoms with Crippen LogP contribution in [0.1, 0.15) is 35.6 Å². The molecule has 1 fully saturated rings. The fourth-order valence-corrected chi connectivity index (χ4v) is 3.53. The molecule has 0 spiro atoms. The number of urea groups is 1. The predicted octanol–water partition coefficient (Wildman–Crippen LogP) is 4.50. The van der Waals surface area contributed by atoms with E-state index in [1.165, 1.54) is 21.4 Å². The van der Waals surface area contributed by atoms with Crippen molar-refractivity contribution in [3.8, 4) is 11.4 Å². The summed E-state index contributed by atoms with van der Waals surface area (Å²) in [5.41, 5.74) is 1.84. The van der Waals surface area contributed by atoms with Crippen molar-refractivity contribution in [3.63, 3.8) is 0 Å². The Morgan fingerprint density at radius 2 is 1.88 bits per heavy atom. The number of benzene rings is 2. The van der Waals surface area contributed by atoms with Crippen molar-refractivity contribution in [2.24, 2.45) is 0 Å². The van der Waals surface area contributed by atoms with Gasteiger partial charge in [0.1, 0.15) is 0 Å². The van der Waals surface area contributed by atoms with Crippen molar-refractivity contribution in [2.45, 2.75) is 45.5 Å². The predicted molar refractivity (Wildman–Crippen MR) is 118 cm³/mol. The number of amides is 2. The van der Waals surface area contributed by atoms with Gasteiger partial charge < -0.3 is 10.6 Å². The number of anilines is 1. The van der Waals surface area contributed by atoms with E-state index in [4.69, 9.17) is 0 Å². The van der Waals surface area contributed by atoms with Gasteiger partial charge in [-0.25, -0.2) is 14.3 Å². The fraction of sp³-hybridized carbons (Fsp3) is 0.348. The van der Waals surface area contributed by atoms with Gasteiger partial charge in [-0.2, -0.15) is 13.2 Å². The molecule has 10 heteroatoms. The van der Waals surface area contributed by atoms with Crippen molar-refractivity contribution < 1.29 is 18.0 Å². The molecule has 3 aromatic rings. The number of rotatable bonds is 6. The lowest BCUT2D eigenvalue weighted by atomic mass is 10.1. The van der Waals surface area contributed by atoms with Gasteiger partial charge in [-0.1, -0.05) is 18.2 Å². The molecule has 0 bridgehead atoms. The molecule has 0 radical (unpaired) electrons. The van der Waals surface area contributed by atoms with Gasteiger partial charge in [0, 0.05) is 23.8 Å². The summed E-state index contributed by atoms with van der Waals surface area (Å²) < 4.78 is 42.1.